The summed E-state index contributed by atoms with van der Waals surface area (Å²) in [7, 11) is 0. The molecule has 1 atom stereocenters. The van der Waals surface area contributed by atoms with Crippen LogP contribution in [0.3, 0.4) is 0 Å². The first-order chi connectivity index (χ1) is 19.3. The number of ether oxygens (including phenoxy) is 2. The number of benzene rings is 4. The van der Waals surface area contributed by atoms with Crippen molar-refractivity contribution in [3.05, 3.63) is 131 Å². The molecule has 0 saturated carbocycles. The summed E-state index contributed by atoms with van der Waals surface area (Å²) in [6.45, 7) is 6.17. The molecule has 6 heteroatoms. The predicted molar refractivity (Wildman–Crippen MR) is 155 cm³/mol. The lowest BCUT2D eigenvalue weighted by Gasteiger charge is -2.25. The Morgan fingerprint density at radius 3 is 2.15 bits per heavy atom. The summed E-state index contributed by atoms with van der Waals surface area (Å²) < 4.78 is 11.8. The van der Waals surface area contributed by atoms with Crippen LogP contribution in [0.15, 0.2) is 109 Å². The second-order valence-corrected chi connectivity index (χ2v) is 9.99. The van der Waals surface area contributed by atoms with Crippen LogP contribution in [0.4, 0.5) is 5.69 Å². The number of amides is 1. The van der Waals surface area contributed by atoms with Crippen LogP contribution in [0.2, 0.25) is 0 Å². The number of Topliss-reactive ketones (excluding diaryl/α,β-unsaturated/α-hetero) is 1. The van der Waals surface area contributed by atoms with Crippen molar-refractivity contribution in [2.24, 2.45) is 0 Å². The van der Waals surface area contributed by atoms with Gasteiger partial charge in [-0.1, -0.05) is 60.7 Å². The van der Waals surface area contributed by atoms with Gasteiger partial charge in [0.2, 0.25) is 0 Å². The predicted octanol–water partition coefficient (Wildman–Crippen LogP) is 6.99. The molecular formula is C34H31NO5. The number of hydrogen-bond donors (Lipinski definition) is 1. The standard InChI is InChI=1S/C34H31NO5/c1-22(2)40-29-19-16-26(20-23(29)3)32(36)30-31(35(34(38)33(30)37)27-12-8-5-9-13-27)25-14-17-28(18-15-25)39-21-24-10-6-4-7-11-24/h4-20,22,31,36H,21H2,1-3H3/b32-30-. The van der Waals surface area contributed by atoms with Gasteiger partial charge in [0.05, 0.1) is 17.7 Å². The molecule has 1 N–H and O–H groups in total. The lowest BCUT2D eigenvalue weighted by Crippen LogP contribution is -2.29. The highest BCUT2D eigenvalue weighted by molar-refractivity contribution is 6.51. The minimum absolute atomic E-state index is 0.00557. The van der Waals surface area contributed by atoms with E-state index in [1.54, 1.807) is 30.3 Å². The molecule has 5 rings (SSSR count). The van der Waals surface area contributed by atoms with E-state index in [-0.39, 0.29) is 17.4 Å². The van der Waals surface area contributed by atoms with E-state index in [4.69, 9.17) is 9.47 Å². The topological polar surface area (TPSA) is 76.1 Å². The third kappa shape index (κ3) is 5.47. The number of aliphatic hydroxyl groups excluding tert-OH is 1. The van der Waals surface area contributed by atoms with Crippen molar-refractivity contribution in [3.63, 3.8) is 0 Å². The van der Waals surface area contributed by atoms with Crippen molar-refractivity contribution in [1.82, 2.24) is 0 Å². The number of rotatable bonds is 8. The second kappa shape index (κ2) is 11.5. The highest BCUT2D eigenvalue weighted by Gasteiger charge is 2.47. The molecule has 1 amide bonds. The monoisotopic (exact) mass is 533 g/mol. The normalized spacial score (nSPS) is 16.4. The molecule has 4 aromatic rings. The van der Waals surface area contributed by atoms with E-state index in [0.717, 1.165) is 11.1 Å². The Hall–Kier alpha value is -4.84. The van der Waals surface area contributed by atoms with Crippen LogP contribution in [0.5, 0.6) is 11.5 Å². The number of carbonyl (C=O) groups excluding carboxylic acids is 2. The first-order valence-corrected chi connectivity index (χ1v) is 13.2. The first-order valence-electron chi connectivity index (χ1n) is 13.2. The molecule has 4 aromatic carbocycles. The molecule has 40 heavy (non-hydrogen) atoms. The average Bonchev–Trinajstić information content (AvgIpc) is 3.23. The van der Waals surface area contributed by atoms with Crippen LogP contribution in [-0.4, -0.2) is 22.9 Å². The Kier molecular flexibility index (Phi) is 7.69. The smallest absolute Gasteiger partial charge is 0.300 e. The summed E-state index contributed by atoms with van der Waals surface area (Å²) in [6.07, 6.45) is -0.00557. The summed E-state index contributed by atoms with van der Waals surface area (Å²) in [5.74, 6) is -0.320. The number of aliphatic hydroxyl groups is 1. The number of aryl methyl sites for hydroxylation is 1. The molecule has 1 aliphatic rings. The van der Waals surface area contributed by atoms with E-state index in [0.29, 0.717) is 34.9 Å². The van der Waals surface area contributed by atoms with Crippen molar-refractivity contribution in [2.45, 2.75) is 39.5 Å². The molecule has 0 bridgehead atoms. The average molecular weight is 534 g/mol. The van der Waals surface area contributed by atoms with Gasteiger partial charge in [-0.05, 0) is 79.9 Å². The third-order valence-electron chi connectivity index (χ3n) is 6.73. The Labute approximate surface area is 234 Å². The van der Waals surface area contributed by atoms with Gasteiger partial charge in [-0.25, -0.2) is 0 Å². The zero-order valence-corrected chi connectivity index (χ0v) is 22.7. The largest absolute Gasteiger partial charge is 0.507 e. The van der Waals surface area contributed by atoms with Gasteiger partial charge in [-0.15, -0.1) is 0 Å². The van der Waals surface area contributed by atoms with Crippen LogP contribution in [0.1, 0.15) is 42.1 Å². The van der Waals surface area contributed by atoms with Gasteiger partial charge in [0.1, 0.15) is 23.9 Å². The van der Waals surface area contributed by atoms with Crippen molar-refractivity contribution >= 4 is 23.1 Å². The summed E-state index contributed by atoms with van der Waals surface area (Å²) >= 11 is 0. The molecule has 1 heterocycles. The van der Waals surface area contributed by atoms with Crippen LogP contribution in [0, 0.1) is 6.92 Å². The van der Waals surface area contributed by atoms with Gasteiger partial charge in [0.25, 0.3) is 11.7 Å². The first kappa shape index (κ1) is 26.8. The molecule has 6 nitrogen and oxygen atoms in total. The zero-order chi connectivity index (χ0) is 28.2. The molecule has 0 aromatic heterocycles. The Morgan fingerprint density at radius 1 is 0.875 bits per heavy atom. The lowest BCUT2D eigenvalue weighted by atomic mass is 9.94. The maximum absolute atomic E-state index is 13.5. The van der Waals surface area contributed by atoms with Crippen molar-refractivity contribution < 1.29 is 24.2 Å². The quantitative estimate of drug-likeness (QED) is 0.150. The summed E-state index contributed by atoms with van der Waals surface area (Å²) in [6, 6.07) is 30.6. The van der Waals surface area contributed by atoms with E-state index < -0.39 is 17.7 Å². The maximum atomic E-state index is 13.5. The van der Waals surface area contributed by atoms with E-state index in [1.165, 1.54) is 4.90 Å². The fourth-order valence-corrected chi connectivity index (χ4v) is 4.83. The van der Waals surface area contributed by atoms with Gasteiger partial charge >= 0.3 is 0 Å². The second-order valence-electron chi connectivity index (χ2n) is 9.99. The summed E-state index contributed by atoms with van der Waals surface area (Å²) in [5.41, 5.74) is 3.56. The minimum Gasteiger partial charge on any atom is -0.507 e. The maximum Gasteiger partial charge on any atom is 0.300 e. The van der Waals surface area contributed by atoms with Gasteiger partial charge in [-0.2, -0.15) is 0 Å². The van der Waals surface area contributed by atoms with Crippen LogP contribution in [-0.2, 0) is 16.2 Å². The van der Waals surface area contributed by atoms with Crippen LogP contribution in [0.25, 0.3) is 5.76 Å². The molecule has 202 valence electrons. The van der Waals surface area contributed by atoms with E-state index in [2.05, 4.69) is 0 Å². The van der Waals surface area contributed by atoms with Gasteiger partial charge in [-0.3, -0.25) is 14.5 Å². The Morgan fingerprint density at radius 2 is 1.52 bits per heavy atom. The van der Waals surface area contributed by atoms with Crippen LogP contribution < -0.4 is 14.4 Å². The Balaban J connectivity index is 1.54. The molecule has 0 aliphatic carbocycles. The number of carbonyl (C=O) groups is 2. The van der Waals surface area contributed by atoms with Gasteiger partial charge in [0, 0.05) is 11.3 Å². The van der Waals surface area contributed by atoms with E-state index in [1.807, 2.05) is 93.6 Å². The number of para-hydroxylation sites is 1. The number of nitrogens with zero attached hydrogens (tertiary/aromatic N) is 1. The number of anilines is 1. The van der Waals surface area contributed by atoms with Gasteiger partial charge < -0.3 is 14.6 Å². The number of hydrogen-bond acceptors (Lipinski definition) is 5. The molecule has 0 radical (unpaired) electrons. The van der Waals surface area contributed by atoms with Crippen LogP contribution >= 0.6 is 0 Å². The SMILES string of the molecule is Cc1cc(/C(O)=C2/C(=O)C(=O)N(c3ccccc3)C2c2ccc(OCc3ccccc3)cc2)ccc1OC(C)C. The summed E-state index contributed by atoms with van der Waals surface area (Å²) in [5, 5.41) is 11.5. The molecule has 1 unspecified atom stereocenters. The molecular weight excluding hydrogens is 502 g/mol. The van der Waals surface area contributed by atoms with E-state index in [9.17, 15) is 14.7 Å². The molecule has 1 saturated heterocycles. The summed E-state index contributed by atoms with van der Waals surface area (Å²) in [4.78, 5) is 28.3. The highest BCUT2D eigenvalue weighted by atomic mass is 16.5. The van der Waals surface area contributed by atoms with Gasteiger partial charge in [0.15, 0.2) is 0 Å². The van der Waals surface area contributed by atoms with Crippen molar-refractivity contribution in [3.8, 4) is 11.5 Å². The molecule has 1 fully saturated rings. The van der Waals surface area contributed by atoms with E-state index >= 15 is 0 Å². The zero-order valence-electron chi connectivity index (χ0n) is 22.7. The Bertz CT molecular complexity index is 1540. The highest BCUT2D eigenvalue weighted by Crippen LogP contribution is 2.42. The number of ketones is 1. The minimum atomic E-state index is -0.822. The van der Waals surface area contributed by atoms with Crippen molar-refractivity contribution in [2.75, 3.05) is 4.90 Å². The molecule has 0 spiro atoms. The lowest BCUT2D eigenvalue weighted by molar-refractivity contribution is -0.132. The fraction of sp³-hybridized carbons (Fsp3) is 0.176. The molecule has 1 aliphatic heterocycles. The van der Waals surface area contributed by atoms with Crippen molar-refractivity contribution in [1.29, 1.82) is 0 Å². The third-order valence-corrected chi connectivity index (χ3v) is 6.73. The fourth-order valence-electron chi connectivity index (χ4n) is 4.83.